The minimum atomic E-state index is -2.97. The van der Waals surface area contributed by atoms with Gasteiger partial charge < -0.3 is 15.7 Å². The normalized spacial score (nSPS) is 20.4. The monoisotopic (exact) mass is 306 g/mol. The Balaban J connectivity index is 2.44. The Morgan fingerprint density at radius 1 is 1.25 bits per heavy atom. The summed E-state index contributed by atoms with van der Waals surface area (Å²) >= 11 is 0. The van der Waals surface area contributed by atoms with Crippen LogP contribution in [0.25, 0.3) is 0 Å². The molecule has 0 spiro atoms. The number of carboxylic acid groups (broad SMARTS) is 1. The standard InChI is InChI=1S/C12H22N2O5S/c1-8(2)7-10(11(15)16)14-12(17)13-9-3-5-20(18,19)6-4-9/h8-10H,3-7H2,1-2H3,(H,15,16)(H2,13,14,17). The van der Waals surface area contributed by atoms with E-state index in [1.54, 1.807) is 0 Å². The molecule has 7 nitrogen and oxygen atoms in total. The van der Waals surface area contributed by atoms with Crippen LogP contribution in [0.4, 0.5) is 4.79 Å². The van der Waals surface area contributed by atoms with Gasteiger partial charge in [-0.2, -0.15) is 0 Å². The third-order valence-electron chi connectivity index (χ3n) is 3.20. The highest BCUT2D eigenvalue weighted by atomic mass is 32.2. The Kier molecular flexibility index (Phi) is 5.79. The summed E-state index contributed by atoms with van der Waals surface area (Å²) in [6.07, 6.45) is 1.09. The predicted molar refractivity (Wildman–Crippen MR) is 74.2 cm³/mol. The van der Waals surface area contributed by atoms with E-state index >= 15 is 0 Å². The molecule has 1 aliphatic rings. The molecule has 3 N–H and O–H groups in total. The van der Waals surface area contributed by atoms with Gasteiger partial charge >= 0.3 is 12.0 Å². The molecule has 0 aromatic rings. The van der Waals surface area contributed by atoms with Gasteiger partial charge in [-0.15, -0.1) is 0 Å². The number of sulfone groups is 1. The van der Waals surface area contributed by atoms with Gasteiger partial charge in [0.25, 0.3) is 0 Å². The average molecular weight is 306 g/mol. The fraction of sp³-hybridized carbons (Fsp3) is 0.833. The molecule has 1 saturated heterocycles. The SMILES string of the molecule is CC(C)CC(NC(=O)NC1CCS(=O)(=O)CC1)C(=O)O. The minimum Gasteiger partial charge on any atom is -0.480 e. The molecule has 0 aromatic carbocycles. The van der Waals surface area contributed by atoms with Crippen molar-refractivity contribution in [3.05, 3.63) is 0 Å². The first-order valence-corrected chi connectivity index (χ1v) is 8.52. The van der Waals surface area contributed by atoms with Crippen molar-refractivity contribution in [2.75, 3.05) is 11.5 Å². The lowest BCUT2D eigenvalue weighted by Crippen LogP contribution is -2.50. The lowest BCUT2D eigenvalue weighted by Gasteiger charge is -2.24. The first-order valence-electron chi connectivity index (χ1n) is 6.70. The summed E-state index contributed by atoms with van der Waals surface area (Å²) in [6, 6.07) is -1.70. The van der Waals surface area contributed by atoms with Crippen LogP contribution < -0.4 is 10.6 Å². The highest BCUT2D eigenvalue weighted by Crippen LogP contribution is 2.12. The van der Waals surface area contributed by atoms with Gasteiger partial charge in [0.15, 0.2) is 0 Å². The maximum absolute atomic E-state index is 11.7. The molecule has 116 valence electrons. The van der Waals surface area contributed by atoms with Crippen LogP contribution in [0.1, 0.15) is 33.1 Å². The van der Waals surface area contributed by atoms with Gasteiger partial charge in [0, 0.05) is 6.04 Å². The van der Waals surface area contributed by atoms with Crippen molar-refractivity contribution in [2.45, 2.75) is 45.2 Å². The van der Waals surface area contributed by atoms with E-state index in [1.807, 2.05) is 13.8 Å². The smallest absolute Gasteiger partial charge is 0.326 e. The molecule has 1 unspecified atom stereocenters. The third-order valence-corrected chi connectivity index (χ3v) is 4.92. The first-order chi connectivity index (χ1) is 9.19. The summed E-state index contributed by atoms with van der Waals surface area (Å²) in [5, 5.41) is 14.1. The number of nitrogens with one attached hydrogen (secondary N) is 2. The van der Waals surface area contributed by atoms with Crippen molar-refractivity contribution in [3.8, 4) is 0 Å². The van der Waals surface area contributed by atoms with Gasteiger partial charge in [-0.25, -0.2) is 18.0 Å². The second-order valence-electron chi connectivity index (χ2n) is 5.56. The van der Waals surface area contributed by atoms with Crippen LogP contribution in [0.2, 0.25) is 0 Å². The summed E-state index contributed by atoms with van der Waals surface area (Å²) in [7, 11) is -2.97. The fourth-order valence-electron chi connectivity index (χ4n) is 2.11. The molecule has 0 aliphatic carbocycles. The summed E-state index contributed by atoms with van der Waals surface area (Å²) in [5.74, 6) is -0.796. The van der Waals surface area contributed by atoms with E-state index in [-0.39, 0.29) is 23.5 Å². The number of carbonyl (C=O) groups excluding carboxylic acids is 1. The van der Waals surface area contributed by atoms with Crippen LogP contribution in [0, 0.1) is 5.92 Å². The van der Waals surface area contributed by atoms with Gasteiger partial charge in [0.1, 0.15) is 15.9 Å². The van der Waals surface area contributed by atoms with Crippen LogP contribution >= 0.6 is 0 Å². The maximum Gasteiger partial charge on any atom is 0.326 e. The molecule has 1 fully saturated rings. The molecule has 0 radical (unpaired) electrons. The predicted octanol–water partition coefficient (Wildman–Crippen LogP) is 0.362. The topological polar surface area (TPSA) is 113 Å². The molecule has 1 heterocycles. The lowest BCUT2D eigenvalue weighted by atomic mass is 10.0. The van der Waals surface area contributed by atoms with E-state index in [9.17, 15) is 18.0 Å². The average Bonchev–Trinajstić information content (AvgIpc) is 2.30. The zero-order valence-corrected chi connectivity index (χ0v) is 12.6. The van der Waals surface area contributed by atoms with Crippen molar-refractivity contribution in [1.82, 2.24) is 10.6 Å². The Morgan fingerprint density at radius 2 is 1.80 bits per heavy atom. The Bertz CT molecular complexity index is 446. The highest BCUT2D eigenvalue weighted by Gasteiger charge is 2.26. The van der Waals surface area contributed by atoms with Gasteiger partial charge in [-0.05, 0) is 25.2 Å². The van der Waals surface area contributed by atoms with E-state index < -0.39 is 27.9 Å². The van der Waals surface area contributed by atoms with Crippen molar-refractivity contribution >= 4 is 21.8 Å². The Morgan fingerprint density at radius 3 is 2.25 bits per heavy atom. The Hall–Kier alpha value is -1.31. The molecule has 20 heavy (non-hydrogen) atoms. The lowest BCUT2D eigenvalue weighted by molar-refractivity contribution is -0.139. The zero-order chi connectivity index (χ0) is 15.3. The van der Waals surface area contributed by atoms with E-state index in [0.29, 0.717) is 19.3 Å². The molecule has 0 saturated carbocycles. The number of urea groups is 1. The van der Waals surface area contributed by atoms with Crippen LogP contribution in [0.3, 0.4) is 0 Å². The molecular formula is C12H22N2O5S. The summed E-state index contributed by atoms with van der Waals surface area (Å²) < 4.78 is 22.5. The van der Waals surface area contributed by atoms with E-state index in [2.05, 4.69) is 10.6 Å². The zero-order valence-electron chi connectivity index (χ0n) is 11.8. The van der Waals surface area contributed by atoms with Crippen LogP contribution in [0.5, 0.6) is 0 Å². The quantitative estimate of drug-likeness (QED) is 0.679. The minimum absolute atomic E-state index is 0.0618. The van der Waals surface area contributed by atoms with Crippen LogP contribution in [0.15, 0.2) is 0 Å². The number of carbonyl (C=O) groups is 2. The van der Waals surface area contributed by atoms with E-state index in [0.717, 1.165) is 0 Å². The largest absolute Gasteiger partial charge is 0.480 e. The van der Waals surface area contributed by atoms with Gasteiger partial charge in [-0.3, -0.25) is 0 Å². The van der Waals surface area contributed by atoms with Crippen molar-refractivity contribution in [1.29, 1.82) is 0 Å². The maximum atomic E-state index is 11.7. The molecule has 1 rings (SSSR count). The number of hydrogen-bond donors (Lipinski definition) is 3. The summed E-state index contributed by atoms with van der Waals surface area (Å²) in [5.41, 5.74) is 0. The molecule has 1 atom stereocenters. The summed E-state index contributed by atoms with van der Waals surface area (Å²) in [6.45, 7) is 3.75. The number of rotatable bonds is 5. The second kappa shape index (κ2) is 6.92. The van der Waals surface area contributed by atoms with Gasteiger partial charge in [0.05, 0.1) is 11.5 Å². The Labute approximate surface area is 119 Å². The van der Waals surface area contributed by atoms with Crippen LogP contribution in [-0.2, 0) is 14.6 Å². The third kappa shape index (κ3) is 5.77. The molecule has 0 aromatic heterocycles. The fourth-order valence-corrected chi connectivity index (χ4v) is 3.60. The van der Waals surface area contributed by atoms with Crippen LogP contribution in [-0.4, -0.2) is 49.1 Å². The molecular weight excluding hydrogens is 284 g/mol. The van der Waals surface area contributed by atoms with Gasteiger partial charge in [0.2, 0.25) is 0 Å². The molecule has 1 aliphatic heterocycles. The molecule has 8 heteroatoms. The summed E-state index contributed by atoms with van der Waals surface area (Å²) in [4.78, 5) is 22.8. The highest BCUT2D eigenvalue weighted by molar-refractivity contribution is 7.91. The van der Waals surface area contributed by atoms with Crippen molar-refractivity contribution in [3.63, 3.8) is 0 Å². The van der Waals surface area contributed by atoms with Gasteiger partial charge in [-0.1, -0.05) is 13.8 Å². The number of amides is 2. The van der Waals surface area contributed by atoms with Crippen molar-refractivity contribution < 1.29 is 23.1 Å². The first kappa shape index (κ1) is 16.7. The second-order valence-corrected chi connectivity index (χ2v) is 7.87. The van der Waals surface area contributed by atoms with E-state index in [1.165, 1.54) is 0 Å². The molecule has 0 bridgehead atoms. The number of aliphatic carboxylic acids is 1. The van der Waals surface area contributed by atoms with Crippen molar-refractivity contribution in [2.24, 2.45) is 5.92 Å². The number of carboxylic acids is 1. The van der Waals surface area contributed by atoms with E-state index in [4.69, 9.17) is 5.11 Å². The number of hydrogen-bond acceptors (Lipinski definition) is 4. The molecule has 2 amide bonds.